The van der Waals surface area contributed by atoms with Crippen LogP contribution in [0.25, 0.3) is 0 Å². The first kappa shape index (κ1) is 14.7. The molecule has 1 amide bonds. The molecule has 114 valence electrons. The van der Waals surface area contributed by atoms with Gasteiger partial charge in [0.1, 0.15) is 4.88 Å². The lowest BCUT2D eigenvalue weighted by molar-refractivity contribution is -0.118. The number of esters is 1. The molecule has 0 aliphatic heterocycles. The van der Waals surface area contributed by atoms with E-state index in [0.29, 0.717) is 15.7 Å². The van der Waals surface area contributed by atoms with Crippen molar-refractivity contribution in [3.63, 3.8) is 0 Å². The van der Waals surface area contributed by atoms with Crippen molar-refractivity contribution >= 4 is 28.3 Å². The Morgan fingerprint density at radius 1 is 1.27 bits per heavy atom. The number of carbonyl (C=O) groups is 2. The molecule has 1 saturated carbocycles. The fraction of sp³-hybridized carbons (Fsp3) is 0.312. The number of nitrogens with one attached hydrogen (secondary N) is 1. The molecule has 0 radical (unpaired) electrons. The van der Waals surface area contributed by atoms with Crippen LogP contribution in [0.4, 0.5) is 5.13 Å². The van der Waals surface area contributed by atoms with Gasteiger partial charge < -0.3 is 10.1 Å². The standard InChI is InChI=1S/C16H16N2O3S/c1-10-12(13(19)21-2)22-15(17-10)18-14(20)16(8-9-16)11-6-4-3-5-7-11/h3-7H,8-9H2,1-2H3,(H,17,18,20). The first-order valence-corrected chi connectivity index (χ1v) is 7.81. The third-order valence-electron chi connectivity index (χ3n) is 3.90. The zero-order valence-electron chi connectivity index (χ0n) is 12.4. The molecule has 1 N–H and O–H groups in total. The van der Waals surface area contributed by atoms with E-state index in [1.807, 2.05) is 30.3 Å². The van der Waals surface area contributed by atoms with Crippen LogP contribution in [0.1, 0.15) is 33.8 Å². The quantitative estimate of drug-likeness (QED) is 0.881. The molecule has 5 nitrogen and oxygen atoms in total. The second-order valence-electron chi connectivity index (χ2n) is 5.33. The summed E-state index contributed by atoms with van der Waals surface area (Å²) in [6, 6.07) is 9.75. The van der Waals surface area contributed by atoms with Gasteiger partial charge in [-0.05, 0) is 25.3 Å². The highest BCUT2D eigenvalue weighted by Crippen LogP contribution is 2.49. The van der Waals surface area contributed by atoms with E-state index in [1.165, 1.54) is 7.11 Å². The van der Waals surface area contributed by atoms with E-state index in [0.717, 1.165) is 29.7 Å². The number of carbonyl (C=O) groups excluding carboxylic acids is 2. The summed E-state index contributed by atoms with van der Waals surface area (Å²) in [5, 5.41) is 3.28. The minimum atomic E-state index is -0.452. The first-order valence-electron chi connectivity index (χ1n) is 6.99. The first-order chi connectivity index (χ1) is 10.6. The Hall–Kier alpha value is -2.21. The van der Waals surface area contributed by atoms with Gasteiger partial charge in [-0.1, -0.05) is 41.7 Å². The molecule has 0 bridgehead atoms. The van der Waals surface area contributed by atoms with Gasteiger partial charge >= 0.3 is 5.97 Å². The van der Waals surface area contributed by atoms with E-state index in [-0.39, 0.29) is 5.91 Å². The third-order valence-corrected chi connectivity index (χ3v) is 4.95. The van der Waals surface area contributed by atoms with Gasteiger partial charge in [-0.2, -0.15) is 0 Å². The van der Waals surface area contributed by atoms with Crippen molar-refractivity contribution in [2.24, 2.45) is 0 Å². The molecule has 1 aliphatic carbocycles. The molecular formula is C16H16N2O3S. The van der Waals surface area contributed by atoms with Gasteiger partial charge in [0.05, 0.1) is 18.2 Å². The highest BCUT2D eigenvalue weighted by molar-refractivity contribution is 7.17. The Labute approximate surface area is 132 Å². The molecule has 1 aromatic heterocycles. The van der Waals surface area contributed by atoms with Gasteiger partial charge in [0.15, 0.2) is 5.13 Å². The van der Waals surface area contributed by atoms with Crippen LogP contribution in [0.15, 0.2) is 30.3 Å². The number of rotatable bonds is 4. The van der Waals surface area contributed by atoms with Crippen molar-refractivity contribution in [3.05, 3.63) is 46.5 Å². The number of methoxy groups -OCH3 is 1. The van der Waals surface area contributed by atoms with E-state index in [1.54, 1.807) is 6.92 Å². The fourth-order valence-corrected chi connectivity index (χ4v) is 3.36. The van der Waals surface area contributed by atoms with Crippen LogP contribution >= 0.6 is 11.3 Å². The largest absolute Gasteiger partial charge is 0.465 e. The molecule has 0 saturated heterocycles. The monoisotopic (exact) mass is 316 g/mol. The van der Waals surface area contributed by atoms with E-state index in [9.17, 15) is 9.59 Å². The number of anilines is 1. The Morgan fingerprint density at radius 3 is 2.55 bits per heavy atom. The van der Waals surface area contributed by atoms with E-state index >= 15 is 0 Å². The summed E-state index contributed by atoms with van der Waals surface area (Å²) >= 11 is 1.14. The van der Waals surface area contributed by atoms with E-state index < -0.39 is 11.4 Å². The summed E-state index contributed by atoms with van der Waals surface area (Å²) in [5.74, 6) is -0.497. The van der Waals surface area contributed by atoms with E-state index in [2.05, 4.69) is 10.3 Å². The highest BCUT2D eigenvalue weighted by Gasteiger charge is 2.51. The molecule has 6 heteroatoms. The Balaban J connectivity index is 1.79. The Morgan fingerprint density at radius 2 is 1.95 bits per heavy atom. The number of nitrogens with zero attached hydrogens (tertiary/aromatic N) is 1. The number of amides is 1. The van der Waals surface area contributed by atoms with Crippen molar-refractivity contribution in [2.45, 2.75) is 25.2 Å². The molecule has 1 aromatic carbocycles. The number of benzene rings is 1. The smallest absolute Gasteiger partial charge is 0.350 e. The van der Waals surface area contributed by atoms with Crippen molar-refractivity contribution in [1.82, 2.24) is 4.98 Å². The van der Waals surface area contributed by atoms with Gasteiger partial charge in [-0.15, -0.1) is 0 Å². The topological polar surface area (TPSA) is 68.3 Å². The molecule has 1 fully saturated rings. The van der Waals surface area contributed by atoms with Crippen LogP contribution in [0, 0.1) is 6.92 Å². The van der Waals surface area contributed by atoms with Crippen molar-refractivity contribution in [2.75, 3.05) is 12.4 Å². The average Bonchev–Trinajstić information content (AvgIpc) is 3.27. The fourth-order valence-electron chi connectivity index (χ4n) is 2.48. The zero-order valence-corrected chi connectivity index (χ0v) is 13.2. The van der Waals surface area contributed by atoms with Crippen molar-refractivity contribution in [3.8, 4) is 0 Å². The van der Waals surface area contributed by atoms with Crippen molar-refractivity contribution in [1.29, 1.82) is 0 Å². The second-order valence-corrected chi connectivity index (χ2v) is 6.33. The predicted octanol–water partition coefficient (Wildman–Crippen LogP) is 2.91. The number of aryl methyl sites for hydroxylation is 1. The van der Waals surface area contributed by atoms with Crippen LogP contribution in [-0.4, -0.2) is 24.0 Å². The minimum Gasteiger partial charge on any atom is -0.465 e. The molecular weight excluding hydrogens is 300 g/mol. The Bertz CT molecular complexity index is 720. The minimum absolute atomic E-state index is 0.0659. The number of thiazole rings is 1. The lowest BCUT2D eigenvalue weighted by Crippen LogP contribution is -2.27. The summed E-state index contributed by atoms with van der Waals surface area (Å²) in [4.78, 5) is 28.9. The highest BCUT2D eigenvalue weighted by atomic mass is 32.1. The predicted molar refractivity (Wildman–Crippen MR) is 84.2 cm³/mol. The van der Waals surface area contributed by atoms with Gasteiger partial charge in [0, 0.05) is 0 Å². The Kier molecular flexibility index (Phi) is 3.70. The van der Waals surface area contributed by atoms with Gasteiger partial charge in [0.25, 0.3) is 0 Å². The van der Waals surface area contributed by atoms with Gasteiger partial charge in [-0.25, -0.2) is 9.78 Å². The number of hydrogen-bond acceptors (Lipinski definition) is 5. The summed E-state index contributed by atoms with van der Waals surface area (Å²) in [6.45, 7) is 1.72. The van der Waals surface area contributed by atoms with Crippen LogP contribution in [-0.2, 0) is 14.9 Å². The maximum absolute atomic E-state index is 12.6. The molecule has 22 heavy (non-hydrogen) atoms. The number of hydrogen-bond donors (Lipinski definition) is 1. The molecule has 3 rings (SSSR count). The zero-order chi connectivity index (χ0) is 15.7. The van der Waals surface area contributed by atoms with Crippen LogP contribution < -0.4 is 5.32 Å². The van der Waals surface area contributed by atoms with Crippen LogP contribution in [0.3, 0.4) is 0 Å². The van der Waals surface area contributed by atoms with E-state index in [4.69, 9.17) is 4.74 Å². The number of ether oxygens (including phenoxy) is 1. The SMILES string of the molecule is COC(=O)c1sc(NC(=O)C2(c3ccccc3)CC2)nc1C. The average molecular weight is 316 g/mol. The molecule has 0 spiro atoms. The normalized spacial score (nSPS) is 15.2. The lowest BCUT2D eigenvalue weighted by atomic mass is 9.95. The van der Waals surface area contributed by atoms with Crippen molar-refractivity contribution < 1.29 is 14.3 Å². The maximum atomic E-state index is 12.6. The summed E-state index contributed by atoms with van der Waals surface area (Å²) in [5.41, 5.74) is 1.14. The number of aromatic nitrogens is 1. The maximum Gasteiger partial charge on any atom is 0.350 e. The van der Waals surface area contributed by atoms with Gasteiger partial charge in [-0.3, -0.25) is 4.79 Å². The van der Waals surface area contributed by atoms with Crippen LogP contribution in [0.5, 0.6) is 0 Å². The summed E-state index contributed by atoms with van der Waals surface area (Å²) in [7, 11) is 1.33. The second kappa shape index (κ2) is 5.53. The summed E-state index contributed by atoms with van der Waals surface area (Å²) < 4.78 is 4.70. The molecule has 0 atom stereocenters. The van der Waals surface area contributed by atoms with Crippen LogP contribution in [0.2, 0.25) is 0 Å². The molecule has 0 unspecified atom stereocenters. The molecule has 2 aromatic rings. The van der Waals surface area contributed by atoms with Gasteiger partial charge in [0.2, 0.25) is 5.91 Å². The summed E-state index contributed by atoms with van der Waals surface area (Å²) in [6.07, 6.45) is 1.66. The third kappa shape index (κ3) is 2.50. The lowest BCUT2D eigenvalue weighted by Gasteiger charge is -2.14. The molecule has 1 heterocycles. The molecule has 1 aliphatic rings.